The highest BCUT2D eigenvalue weighted by Gasteiger charge is 2.26. The predicted molar refractivity (Wildman–Crippen MR) is 89.4 cm³/mol. The second-order valence-corrected chi connectivity index (χ2v) is 4.87. The molecule has 0 saturated carbocycles. The van der Waals surface area contributed by atoms with Crippen LogP contribution >= 0.6 is 12.8 Å². The highest BCUT2D eigenvalue weighted by Crippen LogP contribution is 2.22. The van der Waals surface area contributed by atoms with E-state index >= 15 is 0 Å². The molecule has 2 amide bonds. The van der Waals surface area contributed by atoms with Gasteiger partial charge < -0.3 is 20.8 Å². The Kier molecular flexibility index (Phi) is 5.45. The molecule has 0 aliphatic carbocycles. The minimum absolute atomic E-state index is 0.0168. The number of phenols is 2. The molecule has 0 heterocycles. The summed E-state index contributed by atoms with van der Waals surface area (Å²) in [7, 11) is 0. The smallest absolute Gasteiger partial charge is 0.252 e. The van der Waals surface area contributed by atoms with Crippen LogP contribution < -0.4 is 15.4 Å². The lowest BCUT2D eigenvalue weighted by atomic mass is 10.2. The lowest BCUT2D eigenvalue weighted by Gasteiger charge is -2.16. The van der Waals surface area contributed by atoms with Gasteiger partial charge in [-0.15, -0.1) is 0 Å². The van der Waals surface area contributed by atoms with Crippen LogP contribution in [0.4, 0.5) is 11.4 Å². The summed E-state index contributed by atoms with van der Waals surface area (Å²) in [5.41, 5.74) is 0.509. The number of thiol groups is 1. The number of hydrogen-bond donors (Lipinski definition) is 6. The molecule has 8 heteroatoms. The van der Waals surface area contributed by atoms with E-state index in [-0.39, 0.29) is 17.2 Å². The van der Waals surface area contributed by atoms with Gasteiger partial charge in [0.15, 0.2) is 6.04 Å². The molecule has 0 fully saturated rings. The number of benzene rings is 2. The van der Waals surface area contributed by atoms with Crippen molar-refractivity contribution in [2.75, 3.05) is 10.6 Å². The number of para-hydroxylation sites is 2. The Labute approximate surface area is 137 Å². The maximum Gasteiger partial charge on any atom is 0.252 e. The quantitative estimate of drug-likeness (QED) is 0.282. The maximum atomic E-state index is 12.2. The van der Waals surface area contributed by atoms with Gasteiger partial charge in [0.25, 0.3) is 11.8 Å². The van der Waals surface area contributed by atoms with Crippen LogP contribution in [-0.2, 0) is 9.59 Å². The van der Waals surface area contributed by atoms with E-state index in [9.17, 15) is 19.8 Å². The normalized spacial score (nSPS) is 11.5. The van der Waals surface area contributed by atoms with Gasteiger partial charge in [0.1, 0.15) is 11.5 Å². The van der Waals surface area contributed by atoms with E-state index in [2.05, 4.69) is 28.2 Å². The van der Waals surface area contributed by atoms with Gasteiger partial charge in [-0.3, -0.25) is 9.59 Å². The van der Waals surface area contributed by atoms with Crippen LogP contribution in [-0.4, -0.2) is 28.1 Å². The standard InChI is InChI=1S/C15H15N3O4S/c19-10-5-3-4-9(8-10)16-14(21)13(18-23)15(22)17-11-6-1-2-7-12(11)20/h1-8,13,18-20,23H,(H,16,21)(H,17,22). The topological polar surface area (TPSA) is 111 Å². The van der Waals surface area contributed by atoms with Crippen molar-refractivity contribution >= 4 is 36.0 Å². The summed E-state index contributed by atoms with van der Waals surface area (Å²) in [4.78, 5) is 24.3. The molecule has 7 nitrogen and oxygen atoms in total. The van der Waals surface area contributed by atoms with E-state index in [4.69, 9.17) is 0 Å². The number of amides is 2. The first-order valence-corrected chi connectivity index (χ1v) is 7.04. The van der Waals surface area contributed by atoms with E-state index in [1.807, 2.05) is 0 Å². The molecule has 0 spiro atoms. The Bertz CT molecular complexity index is 723. The van der Waals surface area contributed by atoms with Crippen LogP contribution in [0.25, 0.3) is 0 Å². The lowest BCUT2D eigenvalue weighted by Crippen LogP contribution is -2.45. The molecule has 1 unspecified atom stereocenters. The molecule has 2 aromatic carbocycles. The highest BCUT2D eigenvalue weighted by atomic mass is 32.1. The number of hydrogen-bond acceptors (Lipinski definition) is 6. The van der Waals surface area contributed by atoms with Gasteiger partial charge >= 0.3 is 0 Å². The van der Waals surface area contributed by atoms with E-state index in [1.165, 1.54) is 24.3 Å². The summed E-state index contributed by atoms with van der Waals surface area (Å²) < 4.78 is 2.30. The Balaban J connectivity index is 2.07. The molecule has 0 aliphatic heterocycles. The van der Waals surface area contributed by atoms with Crippen LogP contribution in [0, 0.1) is 0 Å². The van der Waals surface area contributed by atoms with Crippen LogP contribution in [0.15, 0.2) is 48.5 Å². The van der Waals surface area contributed by atoms with Crippen molar-refractivity contribution in [3.05, 3.63) is 48.5 Å². The van der Waals surface area contributed by atoms with Gasteiger partial charge in [0.05, 0.1) is 5.69 Å². The summed E-state index contributed by atoms with van der Waals surface area (Å²) >= 11 is 3.79. The van der Waals surface area contributed by atoms with E-state index in [0.717, 1.165) is 0 Å². The molecule has 5 N–H and O–H groups in total. The number of phenolic OH excluding ortho intramolecular Hbond substituents is 2. The molecular weight excluding hydrogens is 318 g/mol. The third-order valence-corrected chi connectivity index (χ3v) is 3.19. The van der Waals surface area contributed by atoms with Gasteiger partial charge in [-0.2, -0.15) is 0 Å². The summed E-state index contributed by atoms with van der Waals surface area (Å²) in [5.74, 6) is -1.50. The Hall–Kier alpha value is -2.71. The van der Waals surface area contributed by atoms with E-state index < -0.39 is 17.9 Å². The zero-order valence-corrected chi connectivity index (χ0v) is 12.7. The Morgan fingerprint density at radius 3 is 2.30 bits per heavy atom. The number of carbonyl (C=O) groups excluding carboxylic acids is 2. The van der Waals surface area contributed by atoms with Gasteiger partial charge in [-0.1, -0.05) is 31.0 Å². The molecule has 2 rings (SSSR count). The largest absolute Gasteiger partial charge is 0.508 e. The van der Waals surface area contributed by atoms with Crippen molar-refractivity contribution in [2.45, 2.75) is 6.04 Å². The van der Waals surface area contributed by atoms with Crippen molar-refractivity contribution in [1.82, 2.24) is 4.72 Å². The maximum absolute atomic E-state index is 12.2. The van der Waals surface area contributed by atoms with Crippen molar-refractivity contribution in [1.29, 1.82) is 0 Å². The summed E-state index contributed by atoms with van der Waals surface area (Å²) in [5, 5.41) is 23.9. The van der Waals surface area contributed by atoms with Crippen molar-refractivity contribution in [2.24, 2.45) is 0 Å². The number of anilines is 2. The van der Waals surface area contributed by atoms with Crippen LogP contribution in [0.5, 0.6) is 11.5 Å². The average molecular weight is 333 g/mol. The van der Waals surface area contributed by atoms with E-state index in [0.29, 0.717) is 5.69 Å². The first-order valence-electron chi connectivity index (χ1n) is 6.59. The van der Waals surface area contributed by atoms with Crippen LogP contribution in [0.3, 0.4) is 0 Å². The third kappa shape index (κ3) is 4.38. The van der Waals surface area contributed by atoms with E-state index in [1.54, 1.807) is 24.3 Å². The van der Waals surface area contributed by atoms with Gasteiger partial charge in [0, 0.05) is 11.8 Å². The molecule has 0 radical (unpaired) electrons. The summed E-state index contributed by atoms with van der Waals surface area (Å²) in [6.07, 6.45) is 0. The van der Waals surface area contributed by atoms with Gasteiger partial charge in [-0.25, -0.2) is 4.72 Å². The number of carbonyl (C=O) groups is 2. The average Bonchev–Trinajstić information content (AvgIpc) is 2.50. The van der Waals surface area contributed by atoms with Crippen LogP contribution in [0.2, 0.25) is 0 Å². The summed E-state index contributed by atoms with van der Waals surface area (Å²) in [6, 6.07) is 10.7. The zero-order valence-electron chi connectivity index (χ0n) is 11.9. The Morgan fingerprint density at radius 1 is 0.957 bits per heavy atom. The second kappa shape index (κ2) is 7.52. The second-order valence-electron chi connectivity index (χ2n) is 4.61. The molecule has 2 aromatic rings. The molecule has 120 valence electrons. The van der Waals surface area contributed by atoms with Crippen LogP contribution in [0.1, 0.15) is 0 Å². The minimum Gasteiger partial charge on any atom is -0.508 e. The SMILES string of the molecule is O=C(Nc1cccc(O)c1)C(NS)C(=O)Nc1ccccc1O. The van der Waals surface area contributed by atoms with Gasteiger partial charge in [0.2, 0.25) is 0 Å². The number of rotatable bonds is 5. The molecule has 1 atom stereocenters. The predicted octanol–water partition coefficient (Wildman–Crippen LogP) is 1.48. The van der Waals surface area contributed by atoms with Crippen molar-refractivity contribution in [3.8, 4) is 11.5 Å². The number of aromatic hydroxyl groups is 2. The zero-order chi connectivity index (χ0) is 16.8. The highest BCUT2D eigenvalue weighted by molar-refractivity contribution is 7.78. The molecule has 0 bridgehead atoms. The lowest BCUT2D eigenvalue weighted by molar-refractivity contribution is -0.126. The van der Waals surface area contributed by atoms with Crippen molar-refractivity contribution in [3.63, 3.8) is 0 Å². The minimum atomic E-state index is -1.31. The first-order chi connectivity index (χ1) is 11.0. The summed E-state index contributed by atoms with van der Waals surface area (Å²) in [6.45, 7) is 0. The fourth-order valence-electron chi connectivity index (χ4n) is 1.82. The first kappa shape index (κ1) is 16.7. The molecule has 0 saturated heterocycles. The monoisotopic (exact) mass is 333 g/mol. The van der Waals surface area contributed by atoms with Crippen molar-refractivity contribution < 1.29 is 19.8 Å². The fraction of sp³-hybridized carbons (Fsp3) is 0.0667. The molecular formula is C15H15N3O4S. The Morgan fingerprint density at radius 2 is 1.65 bits per heavy atom. The van der Waals surface area contributed by atoms with Gasteiger partial charge in [-0.05, 0) is 24.3 Å². The third-order valence-electron chi connectivity index (χ3n) is 2.93. The fourth-order valence-corrected chi connectivity index (χ4v) is 2.05. The molecule has 0 aliphatic rings. The molecule has 0 aromatic heterocycles. The molecule has 23 heavy (non-hydrogen) atoms. The number of nitrogens with one attached hydrogen (secondary N) is 3.